The van der Waals surface area contributed by atoms with E-state index >= 15 is 0 Å². The quantitative estimate of drug-likeness (QED) is 0.703. The Morgan fingerprint density at radius 1 is 1.18 bits per heavy atom. The van der Waals surface area contributed by atoms with E-state index in [1.54, 1.807) is 0 Å². The number of aryl methyl sites for hydroxylation is 1. The number of hydrogen-bond donors (Lipinski definition) is 1. The van der Waals surface area contributed by atoms with E-state index in [9.17, 15) is 9.59 Å². The number of ketones is 1. The van der Waals surface area contributed by atoms with Crippen LogP contribution in [0.15, 0.2) is 29.6 Å². The van der Waals surface area contributed by atoms with Crippen molar-refractivity contribution < 1.29 is 9.59 Å². The van der Waals surface area contributed by atoms with Crippen LogP contribution in [0.3, 0.4) is 0 Å². The number of aromatic nitrogens is 1. The first-order valence-electron chi connectivity index (χ1n) is 10.5. The smallest absolute Gasteiger partial charge is 0.229 e. The summed E-state index contributed by atoms with van der Waals surface area (Å²) in [5, 5.41) is 5.65. The summed E-state index contributed by atoms with van der Waals surface area (Å²) in [5.41, 5.74) is 3.33. The third kappa shape index (κ3) is 4.19. The molecule has 0 radical (unpaired) electrons. The topological polar surface area (TPSA) is 59.1 Å². The van der Waals surface area contributed by atoms with Gasteiger partial charge in [0.15, 0.2) is 5.13 Å². The predicted molar refractivity (Wildman–Crippen MR) is 113 cm³/mol. The van der Waals surface area contributed by atoms with Gasteiger partial charge in [0.05, 0.1) is 5.69 Å². The van der Waals surface area contributed by atoms with Gasteiger partial charge in [0, 0.05) is 28.7 Å². The Balaban J connectivity index is 1.38. The van der Waals surface area contributed by atoms with Crippen molar-refractivity contribution in [1.29, 1.82) is 0 Å². The molecule has 2 unspecified atom stereocenters. The lowest BCUT2D eigenvalue weighted by Gasteiger charge is -2.36. The first kappa shape index (κ1) is 19.3. The molecule has 5 heteroatoms. The summed E-state index contributed by atoms with van der Waals surface area (Å²) in [6, 6.07) is 8.56. The molecular formula is C23H28N2O2S. The second kappa shape index (κ2) is 8.56. The number of benzene rings is 1. The minimum atomic E-state index is -0.0572. The number of nitrogens with one attached hydrogen (secondary N) is 1. The summed E-state index contributed by atoms with van der Waals surface area (Å²) in [4.78, 5) is 29.6. The van der Waals surface area contributed by atoms with Gasteiger partial charge in [0.1, 0.15) is 5.78 Å². The zero-order valence-electron chi connectivity index (χ0n) is 16.4. The number of fused-ring (bicyclic) bond motifs is 2. The molecule has 2 atom stereocenters. The van der Waals surface area contributed by atoms with Gasteiger partial charge in [0.25, 0.3) is 0 Å². The SMILES string of the molecule is CCCCc1ccc(-c2csc(NC(=O)C3CC4CCCC(C3)C4=O)n2)cc1. The second-order valence-electron chi connectivity index (χ2n) is 8.22. The summed E-state index contributed by atoms with van der Waals surface area (Å²) in [6.07, 6.45) is 7.97. The minimum Gasteiger partial charge on any atom is -0.302 e. The molecule has 0 spiro atoms. The molecule has 2 aliphatic carbocycles. The molecule has 2 bridgehead atoms. The molecule has 1 N–H and O–H groups in total. The first-order valence-corrected chi connectivity index (χ1v) is 11.4. The lowest BCUT2D eigenvalue weighted by molar-refractivity contribution is -0.136. The molecule has 1 aromatic carbocycles. The van der Waals surface area contributed by atoms with E-state index < -0.39 is 0 Å². The van der Waals surface area contributed by atoms with Crippen molar-refractivity contribution in [3.8, 4) is 11.3 Å². The Labute approximate surface area is 170 Å². The second-order valence-corrected chi connectivity index (χ2v) is 9.08. The Kier molecular flexibility index (Phi) is 5.90. The summed E-state index contributed by atoms with van der Waals surface area (Å²) in [6.45, 7) is 2.21. The third-order valence-electron chi connectivity index (χ3n) is 6.22. The summed E-state index contributed by atoms with van der Waals surface area (Å²) >= 11 is 1.47. The zero-order valence-corrected chi connectivity index (χ0v) is 17.3. The molecule has 2 saturated carbocycles. The van der Waals surface area contributed by atoms with E-state index in [-0.39, 0.29) is 23.7 Å². The van der Waals surface area contributed by atoms with Gasteiger partial charge in [-0.2, -0.15) is 0 Å². The Morgan fingerprint density at radius 2 is 1.89 bits per heavy atom. The maximum Gasteiger partial charge on any atom is 0.229 e. The van der Waals surface area contributed by atoms with Crippen molar-refractivity contribution in [1.82, 2.24) is 4.98 Å². The van der Waals surface area contributed by atoms with Crippen LogP contribution in [0.25, 0.3) is 11.3 Å². The highest BCUT2D eigenvalue weighted by Gasteiger charge is 2.41. The summed E-state index contributed by atoms with van der Waals surface area (Å²) in [5.74, 6) is 0.565. The van der Waals surface area contributed by atoms with Crippen LogP contribution in [0, 0.1) is 17.8 Å². The third-order valence-corrected chi connectivity index (χ3v) is 6.98. The van der Waals surface area contributed by atoms with Gasteiger partial charge >= 0.3 is 0 Å². The summed E-state index contributed by atoms with van der Waals surface area (Å²) < 4.78 is 0. The number of rotatable bonds is 6. The van der Waals surface area contributed by atoms with E-state index in [1.807, 2.05) is 5.38 Å². The molecule has 28 heavy (non-hydrogen) atoms. The predicted octanol–water partition coefficient (Wildman–Crippen LogP) is 5.49. The van der Waals surface area contributed by atoms with Crippen LogP contribution in [0.4, 0.5) is 5.13 Å². The van der Waals surface area contributed by atoms with Gasteiger partial charge in [-0.25, -0.2) is 4.98 Å². The van der Waals surface area contributed by atoms with Gasteiger partial charge in [-0.05, 0) is 44.1 Å². The Bertz CT molecular complexity index is 827. The van der Waals surface area contributed by atoms with Crippen LogP contribution >= 0.6 is 11.3 Å². The van der Waals surface area contributed by atoms with Crippen LogP contribution in [0.1, 0.15) is 57.4 Å². The number of thiazole rings is 1. The molecule has 0 aliphatic heterocycles. The van der Waals surface area contributed by atoms with Crippen LogP contribution < -0.4 is 5.32 Å². The normalized spacial score (nSPS) is 24.2. The number of carbonyl (C=O) groups is 2. The number of anilines is 1. The van der Waals surface area contributed by atoms with Gasteiger partial charge in [-0.15, -0.1) is 11.3 Å². The average molecular weight is 397 g/mol. The molecule has 4 nitrogen and oxygen atoms in total. The molecular weight excluding hydrogens is 368 g/mol. The lowest BCUT2D eigenvalue weighted by Crippen LogP contribution is -2.40. The standard InChI is InChI=1S/C23H28N2O2S/c1-2-3-5-15-8-10-16(11-9-15)20-14-28-23(24-20)25-22(27)19-12-17-6-4-7-18(13-19)21(17)26/h8-11,14,17-19H,2-7,12-13H2,1H3,(H,24,25,27). The largest absolute Gasteiger partial charge is 0.302 e. The fraction of sp³-hybridized carbons (Fsp3) is 0.522. The number of nitrogens with zero attached hydrogens (tertiary/aromatic N) is 1. The van der Waals surface area contributed by atoms with Crippen molar-refractivity contribution in [2.75, 3.05) is 5.32 Å². The van der Waals surface area contributed by atoms with Crippen molar-refractivity contribution in [3.05, 3.63) is 35.2 Å². The van der Waals surface area contributed by atoms with Crippen molar-refractivity contribution >= 4 is 28.2 Å². The Hall–Kier alpha value is -2.01. The number of unbranched alkanes of at least 4 members (excludes halogenated alkanes) is 1. The highest BCUT2D eigenvalue weighted by molar-refractivity contribution is 7.14. The molecule has 1 aromatic heterocycles. The molecule has 0 saturated heterocycles. The van der Waals surface area contributed by atoms with E-state index in [0.29, 0.717) is 23.8 Å². The van der Waals surface area contributed by atoms with Gasteiger partial charge in [-0.3, -0.25) is 9.59 Å². The molecule has 1 amide bonds. The van der Waals surface area contributed by atoms with Crippen LogP contribution in [0.5, 0.6) is 0 Å². The van der Waals surface area contributed by atoms with Gasteiger partial charge in [-0.1, -0.05) is 44.0 Å². The maximum absolute atomic E-state index is 12.7. The average Bonchev–Trinajstić information content (AvgIpc) is 3.15. The molecule has 4 rings (SSSR count). The minimum absolute atomic E-state index is 0.0280. The first-order chi connectivity index (χ1) is 13.6. The number of carbonyl (C=O) groups excluding carboxylic acids is 2. The molecule has 1 heterocycles. The van der Waals surface area contributed by atoms with Gasteiger partial charge in [0.2, 0.25) is 5.91 Å². The fourth-order valence-corrected chi connectivity index (χ4v) is 5.31. The number of hydrogen-bond acceptors (Lipinski definition) is 4. The molecule has 148 valence electrons. The number of Topliss-reactive ketones (excluding diaryl/α,β-unsaturated/α-hetero) is 1. The highest BCUT2D eigenvalue weighted by atomic mass is 32.1. The fourth-order valence-electron chi connectivity index (χ4n) is 4.59. The lowest BCUT2D eigenvalue weighted by atomic mass is 9.67. The van der Waals surface area contributed by atoms with Gasteiger partial charge < -0.3 is 5.32 Å². The van der Waals surface area contributed by atoms with E-state index in [4.69, 9.17) is 0 Å². The summed E-state index contributed by atoms with van der Waals surface area (Å²) in [7, 11) is 0. The van der Waals surface area contributed by atoms with Crippen LogP contribution in [-0.4, -0.2) is 16.7 Å². The van der Waals surface area contributed by atoms with Crippen molar-refractivity contribution in [2.24, 2.45) is 17.8 Å². The Morgan fingerprint density at radius 3 is 2.57 bits per heavy atom. The molecule has 2 fully saturated rings. The van der Waals surface area contributed by atoms with E-state index in [1.165, 1.54) is 29.7 Å². The molecule has 2 aromatic rings. The zero-order chi connectivity index (χ0) is 19.5. The molecule has 2 aliphatic rings. The number of amides is 1. The van der Waals surface area contributed by atoms with E-state index in [2.05, 4.69) is 41.5 Å². The van der Waals surface area contributed by atoms with Crippen LogP contribution in [0.2, 0.25) is 0 Å². The maximum atomic E-state index is 12.7. The highest BCUT2D eigenvalue weighted by Crippen LogP contribution is 2.40. The van der Waals surface area contributed by atoms with Crippen molar-refractivity contribution in [2.45, 2.75) is 58.3 Å². The van der Waals surface area contributed by atoms with Crippen LogP contribution in [-0.2, 0) is 16.0 Å². The monoisotopic (exact) mass is 396 g/mol. The van der Waals surface area contributed by atoms with E-state index in [0.717, 1.165) is 36.9 Å². The van der Waals surface area contributed by atoms with Crippen molar-refractivity contribution in [3.63, 3.8) is 0 Å².